The van der Waals surface area contributed by atoms with Crippen LogP contribution in [0.4, 0.5) is 0 Å². The molecule has 1 fully saturated rings. The van der Waals surface area contributed by atoms with Crippen LogP contribution in [0.2, 0.25) is 0 Å². The van der Waals surface area contributed by atoms with Crippen LogP contribution in [0.3, 0.4) is 0 Å². The van der Waals surface area contributed by atoms with Crippen molar-refractivity contribution >= 4 is 15.9 Å². The number of hydrogen-bond donors (Lipinski definition) is 2. The second kappa shape index (κ2) is 10.2. The highest BCUT2D eigenvalue weighted by Gasteiger charge is 2.21. The number of rotatable bonds is 8. The lowest BCUT2D eigenvalue weighted by atomic mass is 9.92. The molecule has 7 heteroatoms. The zero-order valence-electron chi connectivity index (χ0n) is 17.7. The highest BCUT2D eigenvalue weighted by molar-refractivity contribution is 7.89. The van der Waals surface area contributed by atoms with Crippen molar-refractivity contribution in [2.45, 2.75) is 31.7 Å². The van der Waals surface area contributed by atoms with Gasteiger partial charge >= 0.3 is 0 Å². The summed E-state index contributed by atoms with van der Waals surface area (Å²) in [5, 5.41) is 2.92. The van der Waals surface area contributed by atoms with E-state index in [4.69, 9.17) is 0 Å². The molecule has 1 aliphatic rings. The maximum atomic E-state index is 12.6. The quantitative estimate of drug-likeness (QED) is 0.676. The van der Waals surface area contributed by atoms with Crippen molar-refractivity contribution in [3.05, 3.63) is 65.7 Å². The number of hydrogen-bond acceptors (Lipinski definition) is 4. The molecule has 0 bridgehead atoms. The fraction of sp³-hybridized carbons (Fsp3) is 0.435. The van der Waals surface area contributed by atoms with Gasteiger partial charge in [0.15, 0.2) is 0 Å². The van der Waals surface area contributed by atoms with Gasteiger partial charge in [0, 0.05) is 38.3 Å². The van der Waals surface area contributed by atoms with Crippen molar-refractivity contribution in [2.24, 2.45) is 11.8 Å². The molecule has 2 unspecified atom stereocenters. The predicted octanol–water partition coefficient (Wildman–Crippen LogP) is 2.87. The molecular weight excluding hydrogens is 398 g/mol. The molecule has 2 N–H and O–H groups in total. The number of carbonyl (C=O) groups excluding carboxylic acids is 1. The van der Waals surface area contributed by atoms with Crippen molar-refractivity contribution < 1.29 is 13.2 Å². The third-order valence-electron chi connectivity index (χ3n) is 5.37. The molecule has 6 nitrogen and oxygen atoms in total. The van der Waals surface area contributed by atoms with Gasteiger partial charge in [-0.1, -0.05) is 50.2 Å². The smallest absolute Gasteiger partial charge is 0.251 e. The summed E-state index contributed by atoms with van der Waals surface area (Å²) in [6.45, 7) is 8.19. The minimum absolute atomic E-state index is 0.0877. The van der Waals surface area contributed by atoms with Crippen LogP contribution >= 0.6 is 0 Å². The van der Waals surface area contributed by atoms with Gasteiger partial charge in [-0.3, -0.25) is 4.79 Å². The molecular formula is C23H31N3O3S. The van der Waals surface area contributed by atoms with Gasteiger partial charge in [0.1, 0.15) is 0 Å². The Bertz CT molecular complexity index is 937. The van der Waals surface area contributed by atoms with Crippen LogP contribution in [0.5, 0.6) is 0 Å². The van der Waals surface area contributed by atoms with E-state index in [1.165, 1.54) is 18.6 Å². The van der Waals surface area contributed by atoms with Crippen LogP contribution in [-0.2, 0) is 16.6 Å². The molecule has 1 aliphatic heterocycles. The molecule has 0 radical (unpaired) electrons. The number of likely N-dealkylation sites (tertiary alicyclic amines) is 1. The SMILES string of the molecule is CC1CC(C)CN(CCNC(=O)c2cccc(S(=O)(=O)NCc3ccccc3)c2)C1. The molecule has 0 spiro atoms. The van der Waals surface area contributed by atoms with Crippen molar-refractivity contribution in [2.75, 3.05) is 26.2 Å². The molecule has 3 rings (SSSR count). The van der Waals surface area contributed by atoms with Crippen molar-refractivity contribution in [3.8, 4) is 0 Å². The summed E-state index contributed by atoms with van der Waals surface area (Å²) in [4.78, 5) is 15.0. The summed E-state index contributed by atoms with van der Waals surface area (Å²) < 4.78 is 27.8. The summed E-state index contributed by atoms with van der Waals surface area (Å²) in [7, 11) is -3.70. The Labute approximate surface area is 179 Å². The normalized spacial score (nSPS) is 20.1. The Kier molecular flexibility index (Phi) is 7.64. The molecule has 2 aromatic rings. The molecule has 162 valence electrons. The summed E-state index contributed by atoms with van der Waals surface area (Å²) in [6, 6.07) is 15.5. The second-order valence-electron chi connectivity index (χ2n) is 8.30. The van der Waals surface area contributed by atoms with Gasteiger partial charge in [-0.15, -0.1) is 0 Å². The van der Waals surface area contributed by atoms with Gasteiger partial charge in [0.25, 0.3) is 5.91 Å². The zero-order chi connectivity index (χ0) is 21.6. The van der Waals surface area contributed by atoms with E-state index in [2.05, 4.69) is 28.8 Å². The Morgan fingerprint density at radius 3 is 2.43 bits per heavy atom. The summed E-state index contributed by atoms with van der Waals surface area (Å²) in [6.07, 6.45) is 1.25. The fourth-order valence-electron chi connectivity index (χ4n) is 4.07. The van der Waals surface area contributed by atoms with Crippen LogP contribution < -0.4 is 10.0 Å². The molecule has 30 heavy (non-hydrogen) atoms. The number of nitrogens with one attached hydrogen (secondary N) is 2. The largest absolute Gasteiger partial charge is 0.351 e. The van der Waals surface area contributed by atoms with Gasteiger partial charge in [-0.2, -0.15) is 0 Å². The average molecular weight is 430 g/mol. The minimum Gasteiger partial charge on any atom is -0.351 e. The number of amides is 1. The lowest BCUT2D eigenvalue weighted by molar-refractivity contribution is 0.0936. The summed E-state index contributed by atoms with van der Waals surface area (Å²) in [5.74, 6) is 1.10. The summed E-state index contributed by atoms with van der Waals surface area (Å²) in [5.41, 5.74) is 1.22. The van der Waals surface area contributed by atoms with Crippen LogP contribution in [-0.4, -0.2) is 45.4 Å². The van der Waals surface area contributed by atoms with Gasteiger partial charge in [0.2, 0.25) is 10.0 Å². The highest BCUT2D eigenvalue weighted by atomic mass is 32.2. The van der Waals surface area contributed by atoms with E-state index < -0.39 is 10.0 Å². The highest BCUT2D eigenvalue weighted by Crippen LogP contribution is 2.20. The van der Waals surface area contributed by atoms with Gasteiger partial charge in [0.05, 0.1) is 4.90 Å². The molecule has 2 aromatic carbocycles. The van der Waals surface area contributed by atoms with Crippen molar-refractivity contribution in [1.29, 1.82) is 0 Å². The molecule has 2 atom stereocenters. The van der Waals surface area contributed by atoms with Crippen LogP contribution in [0.15, 0.2) is 59.5 Å². The van der Waals surface area contributed by atoms with Crippen molar-refractivity contribution in [3.63, 3.8) is 0 Å². The standard InChI is InChI=1S/C23H31N3O3S/c1-18-13-19(2)17-26(16-18)12-11-24-23(27)21-9-6-10-22(14-21)30(28,29)25-15-20-7-4-3-5-8-20/h3-10,14,18-19,25H,11-13,15-17H2,1-2H3,(H,24,27). The Balaban J connectivity index is 1.55. The van der Waals surface area contributed by atoms with E-state index in [-0.39, 0.29) is 17.3 Å². The van der Waals surface area contributed by atoms with Crippen LogP contribution in [0.25, 0.3) is 0 Å². The lowest BCUT2D eigenvalue weighted by Crippen LogP contribution is -2.42. The van der Waals surface area contributed by atoms with E-state index in [0.717, 1.165) is 25.2 Å². The van der Waals surface area contributed by atoms with E-state index >= 15 is 0 Å². The first-order chi connectivity index (χ1) is 14.3. The Hall–Kier alpha value is -2.22. The number of nitrogens with zero attached hydrogens (tertiary/aromatic N) is 1. The molecule has 1 heterocycles. The minimum atomic E-state index is -3.70. The number of sulfonamides is 1. The number of piperidine rings is 1. The van der Waals surface area contributed by atoms with E-state index in [1.54, 1.807) is 12.1 Å². The van der Waals surface area contributed by atoms with E-state index in [1.807, 2.05) is 30.3 Å². The van der Waals surface area contributed by atoms with E-state index in [9.17, 15) is 13.2 Å². The number of benzene rings is 2. The van der Waals surface area contributed by atoms with Crippen molar-refractivity contribution in [1.82, 2.24) is 14.9 Å². The Morgan fingerprint density at radius 2 is 1.73 bits per heavy atom. The van der Waals surface area contributed by atoms with Gasteiger partial charge < -0.3 is 10.2 Å². The lowest BCUT2D eigenvalue weighted by Gasteiger charge is -2.34. The predicted molar refractivity (Wildman–Crippen MR) is 119 cm³/mol. The third kappa shape index (κ3) is 6.39. The van der Waals surface area contributed by atoms with E-state index in [0.29, 0.717) is 23.9 Å². The summed E-state index contributed by atoms with van der Waals surface area (Å²) >= 11 is 0. The molecule has 0 aliphatic carbocycles. The molecule has 1 saturated heterocycles. The molecule has 0 saturated carbocycles. The average Bonchev–Trinajstić information content (AvgIpc) is 2.72. The first kappa shape index (κ1) is 22.5. The zero-order valence-corrected chi connectivity index (χ0v) is 18.5. The van der Waals surface area contributed by atoms with Gasteiger partial charge in [-0.25, -0.2) is 13.1 Å². The van der Waals surface area contributed by atoms with Crippen LogP contribution in [0.1, 0.15) is 36.2 Å². The maximum absolute atomic E-state index is 12.6. The van der Waals surface area contributed by atoms with Gasteiger partial charge in [-0.05, 0) is 42.0 Å². The first-order valence-electron chi connectivity index (χ1n) is 10.5. The monoisotopic (exact) mass is 429 g/mol. The maximum Gasteiger partial charge on any atom is 0.251 e. The molecule has 1 amide bonds. The third-order valence-corrected chi connectivity index (χ3v) is 6.77. The molecule has 0 aromatic heterocycles. The first-order valence-corrected chi connectivity index (χ1v) is 12.0. The Morgan fingerprint density at radius 1 is 1.03 bits per heavy atom. The fourth-order valence-corrected chi connectivity index (χ4v) is 5.13. The topological polar surface area (TPSA) is 78.5 Å². The second-order valence-corrected chi connectivity index (χ2v) is 10.1. The van der Waals surface area contributed by atoms with Crippen LogP contribution in [0, 0.1) is 11.8 Å². The number of carbonyl (C=O) groups is 1.